The second kappa shape index (κ2) is 5.76. The Hall–Kier alpha value is -2.00. The molecule has 2 aromatic carbocycles. The fraction of sp³-hybridized carbons (Fsp3) is 0.133. The number of anilines is 1. The van der Waals surface area contributed by atoms with Crippen molar-refractivity contribution in [2.24, 2.45) is 5.73 Å². The Kier molecular flexibility index (Phi) is 4.07. The molecule has 0 fully saturated rings. The average Bonchev–Trinajstić information content (AvgIpc) is 2.39. The molecule has 4 heteroatoms. The predicted octanol–water partition coefficient (Wildman–Crippen LogP) is 3.61. The smallest absolute Gasteiger partial charge is 0.248 e. The van der Waals surface area contributed by atoms with E-state index in [0.29, 0.717) is 10.6 Å². The summed E-state index contributed by atoms with van der Waals surface area (Å²) in [5, 5.41) is 4.04. The summed E-state index contributed by atoms with van der Waals surface area (Å²) in [7, 11) is 0. The van der Waals surface area contributed by atoms with Crippen LogP contribution in [0, 0.1) is 0 Å². The van der Waals surface area contributed by atoms with Crippen LogP contribution in [-0.4, -0.2) is 5.91 Å². The highest BCUT2D eigenvalue weighted by atomic mass is 35.5. The molecule has 0 aliphatic carbocycles. The van der Waals surface area contributed by atoms with E-state index in [0.717, 1.165) is 11.3 Å². The van der Waals surface area contributed by atoms with E-state index >= 15 is 0 Å². The summed E-state index contributed by atoms with van der Waals surface area (Å²) in [5.74, 6) is -0.428. The molecule has 0 spiro atoms. The van der Waals surface area contributed by atoms with Crippen LogP contribution >= 0.6 is 11.6 Å². The molecule has 3 nitrogen and oxygen atoms in total. The number of hydrogen-bond donors (Lipinski definition) is 2. The highest BCUT2D eigenvalue weighted by molar-refractivity contribution is 6.30. The minimum absolute atomic E-state index is 0.111. The molecule has 1 amide bonds. The van der Waals surface area contributed by atoms with E-state index in [1.54, 1.807) is 18.2 Å². The predicted molar refractivity (Wildman–Crippen MR) is 78.4 cm³/mol. The van der Waals surface area contributed by atoms with Gasteiger partial charge >= 0.3 is 0 Å². The van der Waals surface area contributed by atoms with Crippen LogP contribution in [0.15, 0.2) is 48.5 Å². The van der Waals surface area contributed by atoms with Gasteiger partial charge in [0.25, 0.3) is 0 Å². The minimum Gasteiger partial charge on any atom is -0.379 e. The van der Waals surface area contributed by atoms with Crippen molar-refractivity contribution in [1.82, 2.24) is 0 Å². The molecule has 3 N–H and O–H groups in total. The zero-order valence-corrected chi connectivity index (χ0v) is 11.3. The Morgan fingerprint density at radius 2 is 1.89 bits per heavy atom. The van der Waals surface area contributed by atoms with E-state index < -0.39 is 5.91 Å². The van der Waals surface area contributed by atoms with Gasteiger partial charge in [-0.15, -0.1) is 0 Å². The number of nitrogens with one attached hydrogen (secondary N) is 1. The van der Waals surface area contributed by atoms with Gasteiger partial charge in [-0.05, 0) is 42.8 Å². The molecular weight excluding hydrogens is 260 g/mol. The Labute approximate surface area is 117 Å². The van der Waals surface area contributed by atoms with Crippen LogP contribution in [0.2, 0.25) is 5.02 Å². The minimum atomic E-state index is -0.428. The number of hydrogen-bond acceptors (Lipinski definition) is 2. The van der Waals surface area contributed by atoms with Gasteiger partial charge in [0.05, 0.1) is 0 Å². The van der Waals surface area contributed by atoms with Crippen molar-refractivity contribution in [1.29, 1.82) is 0 Å². The van der Waals surface area contributed by atoms with Crippen LogP contribution in [0.4, 0.5) is 5.69 Å². The third-order valence-electron chi connectivity index (χ3n) is 2.90. The highest BCUT2D eigenvalue weighted by Crippen LogP contribution is 2.21. The first-order chi connectivity index (χ1) is 9.06. The zero-order chi connectivity index (χ0) is 13.8. The van der Waals surface area contributed by atoms with Crippen LogP contribution in [-0.2, 0) is 0 Å². The number of nitrogens with two attached hydrogens (primary N) is 1. The third-order valence-corrected chi connectivity index (χ3v) is 3.15. The van der Waals surface area contributed by atoms with Gasteiger partial charge in [-0.2, -0.15) is 0 Å². The maximum atomic E-state index is 11.1. The lowest BCUT2D eigenvalue weighted by Gasteiger charge is -2.16. The van der Waals surface area contributed by atoms with Crippen molar-refractivity contribution >= 4 is 23.2 Å². The van der Waals surface area contributed by atoms with Gasteiger partial charge in [-0.3, -0.25) is 4.79 Å². The van der Waals surface area contributed by atoms with E-state index in [1.807, 2.05) is 37.3 Å². The summed E-state index contributed by atoms with van der Waals surface area (Å²) in [6.07, 6.45) is 0. The lowest BCUT2D eigenvalue weighted by Crippen LogP contribution is -2.12. The first-order valence-corrected chi connectivity index (χ1v) is 6.36. The normalized spacial score (nSPS) is 11.9. The average molecular weight is 275 g/mol. The van der Waals surface area contributed by atoms with Crippen LogP contribution in [0.3, 0.4) is 0 Å². The summed E-state index contributed by atoms with van der Waals surface area (Å²) in [5.41, 5.74) is 7.73. The molecule has 0 saturated carbocycles. The molecule has 19 heavy (non-hydrogen) atoms. The number of rotatable bonds is 4. The lowest BCUT2D eigenvalue weighted by atomic mass is 10.1. The standard InChI is InChI=1S/C15H15ClN2O/c1-10(11-5-7-13(16)8-6-11)18-14-4-2-3-12(9-14)15(17)19/h2-10,18H,1H3,(H2,17,19). The van der Waals surface area contributed by atoms with Crippen LogP contribution < -0.4 is 11.1 Å². The van der Waals surface area contributed by atoms with Crippen molar-refractivity contribution < 1.29 is 4.79 Å². The summed E-state index contributed by atoms with van der Waals surface area (Å²) < 4.78 is 0. The van der Waals surface area contributed by atoms with Crippen molar-refractivity contribution in [2.75, 3.05) is 5.32 Å². The van der Waals surface area contributed by atoms with Gasteiger partial charge in [-0.25, -0.2) is 0 Å². The molecule has 0 aliphatic heterocycles. The Morgan fingerprint density at radius 1 is 1.21 bits per heavy atom. The summed E-state index contributed by atoms with van der Waals surface area (Å²) >= 11 is 5.86. The van der Waals surface area contributed by atoms with E-state index in [9.17, 15) is 4.79 Å². The van der Waals surface area contributed by atoms with Crippen molar-refractivity contribution in [3.63, 3.8) is 0 Å². The number of primary amides is 1. The molecule has 98 valence electrons. The fourth-order valence-electron chi connectivity index (χ4n) is 1.85. The highest BCUT2D eigenvalue weighted by Gasteiger charge is 2.06. The molecule has 0 radical (unpaired) electrons. The maximum Gasteiger partial charge on any atom is 0.248 e. The second-order valence-corrected chi connectivity index (χ2v) is 4.80. The van der Waals surface area contributed by atoms with Gasteiger partial charge < -0.3 is 11.1 Å². The molecule has 1 atom stereocenters. The molecule has 0 saturated heterocycles. The zero-order valence-electron chi connectivity index (χ0n) is 10.6. The Bertz CT molecular complexity index is 581. The first kappa shape index (κ1) is 13.4. The van der Waals surface area contributed by atoms with Gasteiger partial charge in [-0.1, -0.05) is 29.8 Å². The maximum absolute atomic E-state index is 11.1. The molecule has 0 aliphatic rings. The molecule has 0 aromatic heterocycles. The summed E-state index contributed by atoms with van der Waals surface area (Å²) in [6, 6.07) is 14.9. The van der Waals surface area contributed by atoms with Crippen LogP contribution in [0.25, 0.3) is 0 Å². The fourth-order valence-corrected chi connectivity index (χ4v) is 1.97. The molecule has 2 rings (SSSR count). The number of carbonyl (C=O) groups is 1. The third kappa shape index (κ3) is 3.48. The van der Waals surface area contributed by atoms with E-state index in [4.69, 9.17) is 17.3 Å². The van der Waals surface area contributed by atoms with Gasteiger partial charge in [0.1, 0.15) is 0 Å². The SMILES string of the molecule is CC(Nc1cccc(C(N)=O)c1)c1ccc(Cl)cc1. The topological polar surface area (TPSA) is 55.1 Å². The molecule has 0 bridgehead atoms. The monoisotopic (exact) mass is 274 g/mol. The number of amides is 1. The lowest BCUT2D eigenvalue weighted by molar-refractivity contribution is 0.100. The van der Waals surface area contributed by atoms with Crippen molar-refractivity contribution in [3.05, 3.63) is 64.7 Å². The van der Waals surface area contributed by atoms with Crippen LogP contribution in [0.5, 0.6) is 0 Å². The molecule has 2 aromatic rings. The largest absolute Gasteiger partial charge is 0.379 e. The van der Waals surface area contributed by atoms with E-state index in [-0.39, 0.29) is 6.04 Å². The Balaban J connectivity index is 2.14. The van der Waals surface area contributed by atoms with Gasteiger partial charge in [0.15, 0.2) is 0 Å². The van der Waals surface area contributed by atoms with Crippen molar-refractivity contribution in [3.8, 4) is 0 Å². The second-order valence-electron chi connectivity index (χ2n) is 4.36. The van der Waals surface area contributed by atoms with Crippen molar-refractivity contribution in [2.45, 2.75) is 13.0 Å². The van der Waals surface area contributed by atoms with Gasteiger partial charge in [0.2, 0.25) is 5.91 Å². The van der Waals surface area contributed by atoms with Crippen LogP contribution in [0.1, 0.15) is 28.9 Å². The molecule has 0 heterocycles. The number of carbonyl (C=O) groups excluding carboxylic acids is 1. The summed E-state index contributed by atoms with van der Waals surface area (Å²) in [6.45, 7) is 2.04. The van der Waals surface area contributed by atoms with Gasteiger partial charge in [0, 0.05) is 22.3 Å². The molecule has 1 unspecified atom stereocenters. The quantitative estimate of drug-likeness (QED) is 0.895. The molecular formula is C15H15ClN2O. The van der Waals surface area contributed by atoms with E-state index in [1.165, 1.54) is 0 Å². The summed E-state index contributed by atoms with van der Waals surface area (Å²) in [4.78, 5) is 11.1. The first-order valence-electron chi connectivity index (χ1n) is 5.98. The van der Waals surface area contributed by atoms with E-state index in [2.05, 4.69) is 5.32 Å². The number of halogens is 1. The number of benzene rings is 2. The Morgan fingerprint density at radius 3 is 2.53 bits per heavy atom.